The Labute approximate surface area is 98.0 Å². The fraction of sp³-hybridized carbons (Fsp3) is 0.300. The fourth-order valence-electron chi connectivity index (χ4n) is 1.65. The maximum Gasteiger partial charge on any atom is 0.416 e. The molecule has 0 fully saturated rings. The van der Waals surface area contributed by atoms with Crippen LogP contribution in [0.25, 0.3) is 11.0 Å². The number of aromatic nitrogens is 2. The van der Waals surface area contributed by atoms with Crippen LogP contribution in [0.5, 0.6) is 0 Å². The van der Waals surface area contributed by atoms with E-state index in [4.69, 9.17) is 5.73 Å². The van der Waals surface area contributed by atoms with E-state index in [1.165, 1.54) is 0 Å². The summed E-state index contributed by atoms with van der Waals surface area (Å²) in [5.74, 6) is -0.232. The van der Waals surface area contributed by atoms with Gasteiger partial charge in [0.2, 0.25) is 5.95 Å². The first kappa shape index (κ1) is 12.6. The molecule has 3 nitrogen and oxygen atoms in total. The monoisotopic (exact) mass is 265 g/mol. The van der Waals surface area contributed by atoms with E-state index < -0.39 is 24.7 Å². The van der Waals surface area contributed by atoms with Crippen molar-refractivity contribution in [3.8, 4) is 0 Å². The molecule has 8 heteroatoms. The molecule has 0 bridgehead atoms. The molecule has 1 heterocycles. The average molecular weight is 265 g/mol. The molecule has 0 aliphatic carbocycles. The Morgan fingerprint density at radius 1 is 1.28 bits per heavy atom. The normalized spacial score (nSPS) is 12.6. The Balaban J connectivity index is 2.54. The van der Waals surface area contributed by atoms with Crippen LogP contribution in [0.3, 0.4) is 0 Å². The van der Waals surface area contributed by atoms with E-state index in [2.05, 4.69) is 4.98 Å². The molecule has 0 saturated carbocycles. The van der Waals surface area contributed by atoms with E-state index in [1.54, 1.807) is 0 Å². The van der Waals surface area contributed by atoms with Crippen LogP contribution in [0.15, 0.2) is 18.2 Å². The van der Waals surface area contributed by atoms with Gasteiger partial charge in [-0.1, -0.05) is 0 Å². The summed E-state index contributed by atoms with van der Waals surface area (Å²) in [4.78, 5) is 3.65. The number of hydrogen-bond acceptors (Lipinski definition) is 2. The summed E-state index contributed by atoms with van der Waals surface area (Å²) in [6, 6.07) is 2.68. The first-order valence-electron chi connectivity index (χ1n) is 4.90. The van der Waals surface area contributed by atoms with Gasteiger partial charge >= 0.3 is 6.18 Å². The minimum atomic E-state index is -4.50. The van der Waals surface area contributed by atoms with Crippen LogP contribution < -0.4 is 5.73 Å². The highest BCUT2D eigenvalue weighted by Gasteiger charge is 2.31. The average Bonchev–Trinajstić information content (AvgIpc) is 2.53. The van der Waals surface area contributed by atoms with Crippen molar-refractivity contribution in [2.75, 3.05) is 5.73 Å². The number of imidazole rings is 1. The lowest BCUT2D eigenvalue weighted by Crippen LogP contribution is -2.09. The molecule has 0 unspecified atom stereocenters. The third-order valence-corrected chi connectivity index (χ3v) is 2.43. The van der Waals surface area contributed by atoms with Gasteiger partial charge in [0, 0.05) is 0 Å². The molecule has 2 rings (SSSR count). The molecule has 1 aromatic carbocycles. The van der Waals surface area contributed by atoms with Gasteiger partial charge in [0.1, 0.15) is 0 Å². The summed E-state index contributed by atoms with van der Waals surface area (Å²) < 4.78 is 62.9. The number of alkyl halides is 5. The van der Waals surface area contributed by atoms with Gasteiger partial charge in [-0.2, -0.15) is 13.2 Å². The van der Waals surface area contributed by atoms with Crippen molar-refractivity contribution < 1.29 is 22.0 Å². The van der Waals surface area contributed by atoms with Gasteiger partial charge in [-0.05, 0) is 18.2 Å². The summed E-state index contributed by atoms with van der Waals surface area (Å²) in [5.41, 5.74) is 4.61. The van der Waals surface area contributed by atoms with Crippen LogP contribution in [-0.2, 0) is 12.7 Å². The Morgan fingerprint density at radius 2 is 1.94 bits per heavy atom. The molecular formula is C10H8F5N3. The minimum Gasteiger partial charge on any atom is -0.369 e. The Morgan fingerprint density at radius 3 is 2.50 bits per heavy atom. The van der Waals surface area contributed by atoms with Crippen molar-refractivity contribution in [1.82, 2.24) is 9.55 Å². The third kappa shape index (κ3) is 2.22. The molecular weight excluding hydrogens is 257 g/mol. The number of benzene rings is 1. The zero-order chi connectivity index (χ0) is 13.5. The second-order valence-electron chi connectivity index (χ2n) is 3.67. The summed E-state index contributed by atoms with van der Waals surface area (Å²) >= 11 is 0. The Kier molecular flexibility index (Phi) is 2.88. The molecule has 2 aromatic rings. The molecule has 1 aromatic heterocycles. The largest absolute Gasteiger partial charge is 0.416 e. The number of halogens is 5. The first-order chi connectivity index (χ1) is 8.29. The van der Waals surface area contributed by atoms with E-state index in [0.29, 0.717) is 0 Å². The van der Waals surface area contributed by atoms with Crippen molar-refractivity contribution in [3.63, 3.8) is 0 Å². The van der Waals surface area contributed by atoms with E-state index >= 15 is 0 Å². The molecule has 0 radical (unpaired) electrons. The lowest BCUT2D eigenvalue weighted by atomic mass is 10.2. The van der Waals surface area contributed by atoms with Crippen LogP contribution >= 0.6 is 0 Å². The highest BCUT2D eigenvalue weighted by molar-refractivity contribution is 5.79. The molecule has 98 valence electrons. The first-order valence-corrected chi connectivity index (χ1v) is 4.90. The predicted octanol–water partition coefficient (Wildman–Crippen LogP) is 2.90. The van der Waals surface area contributed by atoms with E-state index in [1.807, 2.05) is 0 Å². The number of anilines is 1. The van der Waals surface area contributed by atoms with Crippen molar-refractivity contribution in [2.45, 2.75) is 19.1 Å². The van der Waals surface area contributed by atoms with Gasteiger partial charge in [0.15, 0.2) is 0 Å². The molecule has 0 spiro atoms. The molecule has 18 heavy (non-hydrogen) atoms. The van der Waals surface area contributed by atoms with Crippen molar-refractivity contribution in [2.24, 2.45) is 0 Å². The lowest BCUT2D eigenvalue weighted by Gasteiger charge is -2.07. The van der Waals surface area contributed by atoms with Gasteiger partial charge in [-0.25, -0.2) is 13.8 Å². The molecule has 2 N–H and O–H groups in total. The fourth-order valence-corrected chi connectivity index (χ4v) is 1.65. The van der Waals surface area contributed by atoms with E-state index in [-0.39, 0.29) is 17.0 Å². The Bertz CT molecular complexity index is 573. The Hall–Kier alpha value is -1.86. The molecule has 0 saturated heterocycles. The standard InChI is InChI=1S/C10H8F5N3/c11-8(12)4-18-7-2-1-5(10(13,14)15)3-6(7)17-9(18)16/h1-3,8H,4H2,(H2,16,17). The number of nitrogen functional groups attached to an aromatic ring is 1. The second kappa shape index (κ2) is 4.11. The maximum atomic E-state index is 12.4. The van der Waals surface area contributed by atoms with Crippen LogP contribution in [0.4, 0.5) is 27.9 Å². The van der Waals surface area contributed by atoms with Gasteiger partial charge in [0.05, 0.1) is 23.1 Å². The van der Waals surface area contributed by atoms with Crippen LogP contribution in [0.1, 0.15) is 5.56 Å². The molecule has 0 aliphatic rings. The van der Waals surface area contributed by atoms with Crippen molar-refractivity contribution >= 4 is 17.0 Å². The topological polar surface area (TPSA) is 43.8 Å². The highest BCUT2D eigenvalue weighted by atomic mass is 19.4. The summed E-state index contributed by atoms with van der Waals surface area (Å²) in [6.45, 7) is -0.701. The van der Waals surface area contributed by atoms with E-state index in [0.717, 1.165) is 22.8 Å². The number of hydrogen-bond donors (Lipinski definition) is 1. The van der Waals surface area contributed by atoms with Crippen LogP contribution in [0, 0.1) is 0 Å². The van der Waals surface area contributed by atoms with Crippen molar-refractivity contribution in [1.29, 1.82) is 0 Å². The van der Waals surface area contributed by atoms with Gasteiger partial charge in [0.25, 0.3) is 6.43 Å². The predicted molar refractivity (Wildman–Crippen MR) is 55.2 cm³/mol. The zero-order valence-electron chi connectivity index (χ0n) is 8.88. The minimum absolute atomic E-state index is 0.0528. The van der Waals surface area contributed by atoms with Gasteiger partial charge in [-0.15, -0.1) is 0 Å². The number of rotatable bonds is 2. The second-order valence-corrected chi connectivity index (χ2v) is 3.67. The lowest BCUT2D eigenvalue weighted by molar-refractivity contribution is -0.137. The highest BCUT2D eigenvalue weighted by Crippen LogP contribution is 2.31. The number of fused-ring (bicyclic) bond motifs is 1. The third-order valence-electron chi connectivity index (χ3n) is 2.43. The SMILES string of the molecule is Nc1nc2cc(C(F)(F)F)ccc2n1CC(F)F. The van der Waals surface area contributed by atoms with Crippen LogP contribution in [0.2, 0.25) is 0 Å². The summed E-state index contributed by atoms with van der Waals surface area (Å²) in [7, 11) is 0. The smallest absolute Gasteiger partial charge is 0.369 e. The zero-order valence-corrected chi connectivity index (χ0v) is 8.88. The summed E-state index contributed by atoms with van der Waals surface area (Å²) in [6.07, 6.45) is -7.16. The number of nitrogens with zero attached hydrogens (tertiary/aromatic N) is 2. The van der Waals surface area contributed by atoms with E-state index in [9.17, 15) is 22.0 Å². The summed E-state index contributed by atoms with van der Waals surface area (Å²) in [5, 5.41) is 0. The maximum absolute atomic E-state index is 12.4. The molecule has 0 aliphatic heterocycles. The number of nitrogens with two attached hydrogens (primary N) is 1. The molecule has 0 amide bonds. The van der Waals surface area contributed by atoms with Crippen LogP contribution in [-0.4, -0.2) is 16.0 Å². The van der Waals surface area contributed by atoms with Gasteiger partial charge in [-0.3, -0.25) is 0 Å². The van der Waals surface area contributed by atoms with Crippen molar-refractivity contribution in [3.05, 3.63) is 23.8 Å². The quantitative estimate of drug-likeness (QED) is 0.848. The van der Waals surface area contributed by atoms with Gasteiger partial charge < -0.3 is 10.3 Å². The molecule has 0 atom stereocenters.